The van der Waals surface area contributed by atoms with Gasteiger partial charge in [0.15, 0.2) is 5.82 Å². The van der Waals surface area contributed by atoms with Gasteiger partial charge in [0.05, 0.1) is 11.3 Å². The van der Waals surface area contributed by atoms with Crippen LogP contribution < -0.4 is 5.32 Å². The molecule has 128 valence electrons. The van der Waals surface area contributed by atoms with Crippen LogP contribution in [0.3, 0.4) is 0 Å². The lowest BCUT2D eigenvalue weighted by Crippen LogP contribution is -2.12. The number of carbonyl (C=O) groups is 1. The molecule has 1 aliphatic rings. The smallest absolute Gasteiger partial charge is 0.224 e. The van der Waals surface area contributed by atoms with E-state index in [2.05, 4.69) is 15.5 Å². The summed E-state index contributed by atoms with van der Waals surface area (Å²) < 4.78 is 30.2. The normalized spacial score (nSPS) is 14.1. The molecule has 5 nitrogen and oxygen atoms in total. The number of halogens is 2. The summed E-state index contributed by atoms with van der Waals surface area (Å²) in [5.41, 5.74) is 0.125. The maximum atomic E-state index is 14.3. The number of amides is 1. The predicted molar refractivity (Wildman–Crippen MR) is 86.5 cm³/mol. The van der Waals surface area contributed by atoms with Gasteiger partial charge in [0.1, 0.15) is 17.5 Å². The van der Waals surface area contributed by atoms with Crippen molar-refractivity contribution in [2.45, 2.75) is 52.0 Å². The lowest BCUT2D eigenvalue weighted by atomic mass is 10.1. The molecular weight excluding hydrogens is 314 g/mol. The van der Waals surface area contributed by atoms with E-state index in [0.29, 0.717) is 18.8 Å². The number of rotatable bonds is 4. The molecule has 1 aliphatic heterocycles. The SMILES string of the molecule is CCCC(=O)Nc1cc(-c2nnc3n2CCCCC3)c(F)cc1F. The largest absolute Gasteiger partial charge is 0.324 e. The van der Waals surface area contributed by atoms with E-state index in [1.54, 1.807) is 0 Å². The summed E-state index contributed by atoms with van der Waals surface area (Å²) in [6.07, 6.45) is 4.83. The summed E-state index contributed by atoms with van der Waals surface area (Å²) in [7, 11) is 0. The molecule has 0 spiro atoms. The van der Waals surface area contributed by atoms with Crippen molar-refractivity contribution in [1.29, 1.82) is 0 Å². The third kappa shape index (κ3) is 3.29. The molecule has 0 bridgehead atoms. The Morgan fingerprint density at radius 1 is 1.21 bits per heavy atom. The Hall–Kier alpha value is -2.31. The Bertz CT molecular complexity index is 757. The fourth-order valence-electron chi connectivity index (χ4n) is 2.94. The zero-order chi connectivity index (χ0) is 17.1. The van der Waals surface area contributed by atoms with Crippen LogP contribution in [0.15, 0.2) is 12.1 Å². The number of nitrogens with one attached hydrogen (secondary N) is 1. The van der Waals surface area contributed by atoms with E-state index >= 15 is 0 Å². The van der Waals surface area contributed by atoms with E-state index in [-0.39, 0.29) is 23.6 Å². The number of anilines is 1. The highest BCUT2D eigenvalue weighted by Gasteiger charge is 2.21. The maximum absolute atomic E-state index is 14.3. The number of carbonyl (C=O) groups excluding carboxylic acids is 1. The molecule has 0 radical (unpaired) electrons. The Kier molecular flexibility index (Phi) is 4.87. The van der Waals surface area contributed by atoms with Gasteiger partial charge in [-0.25, -0.2) is 8.78 Å². The topological polar surface area (TPSA) is 59.8 Å². The summed E-state index contributed by atoms with van der Waals surface area (Å²) in [5.74, 6) is -0.594. The molecule has 1 aromatic carbocycles. The third-order valence-electron chi connectivity index (χ3n) is 4.16. The van der Waals surface area contributed by atoms with Gasteiger partial charge in [-0.1, -0.05) is 13.3 Å². The van der Waals surface area contributed by atoms with Crippen LogP contribution in [0.1, 0.15) is 44.9 Å². The molecule has 24 heavy (non-hydrogen) atoms. The fourth-order valence-corrected chi connectivity index (χ4v) is 2.94. The molecule has 0 fully saturated rings. The molecule has 0 atom stereocenters. The van der Waals surface area contributed by atoms with Crippen LogP contribution in [0.5, 0.6) is 0 Å². The van der Waals surface area contributed by atoms with Crippen LogP contribution in [0.4, 0.5) is 14.5 Å². The van der Waals surface area contributed by atoms with Crippen LogP contribution in [0, 0.1) is 11.6 Å². The van der Waals surface area contributed by atoms with Crippen molar-refractivity contribution >= 4 is 11.6 Å². The van der Waals surface area contributed by atoms with E-state index in [4.69, 9.17) is 0 Å². The number of hydrogen-bond acceptors (Lipinski definition) is 3. The maximum Gasteiger partial charge on any atom is 0.224 e. The first-order valence-electron chi connectivity index (χ1n) is 8.31. The molecule has 0 unspecified atom stereocenters. The third-order valence-corrected chi connectivity index (χ3v) is 4.16. The van der Waals surface area contributed by atoms with Gasteiger partial charge < -0.3 is 9.88 Å². The Morgan fingerprint density at radius 2 is 2.04 bits per heavy atom. The average molecular weight is 334 g/mol. The van der Waals surface area contributed by atoms with Gasteiger partial charge in [-0.3, -0.25) is 4.79 Å². The van der Waals surface area contributed by atoms with Crippen molar-refractivity contribution in [1.82, 2.24) is 14.8 Å². The summed E-state index contributed by atoms with van der Waals surface area (Å²) >= 11 is 0. The monoisotopic (exact) mass is 334 g/mol. The molecule has 1 aromatic heterocycles. The van der Waals surface area contributed by atoms with E-state index < -0.39 is 11.6 Å². The fraction of sp³-hybridized carbons (Fsp3) is 0.471. The minimum atomic E-state index is -0.795. The Morgan fingerprint density at radius 3 is 2.83 bits per heavy atom. The van der Waals surface area contributed by atoms with E-state index in [9.17, 15) is 13.6 Å². The molecule has 0 saturated heterocycles. The second-order valence-electron chi connectivity index (χ2n) is 6.01. The molecular formula is C17H20F2N4O. The Labute approximate surface area is 139 Å². The molecule has 2 aromatic rings. The van der Waals surface area contributed by atoms with Crippen LogP contribution >= 0.6 is 0 Å². The number of fused-ring (bicyclic) bond motifs is 1. The van der Waals surface area contributed by atoms with Crippen LogP contribution in [-0.2, 0) is 17.8 Å². The second kappa shape index (κ2) is 7.07. The number of hydrogen-bond donors (Lipinski definition) is 1. The molecule has 0 aliphatic carbocycles. The summed E-state index contributed by atoms with van der Waals surface area (Å²) in [6, 6.07) is 2.09. The molecule has 1 amide bonds. The summed E-state index contributed by atoms with van der Waals surface area (Å²) in [4.78, 5) is 11.7. The lowest BCUT2D eigenvalue weighted by molar-refractivity contribution is -0.116. The molecule has 2 heterocycles. The summed E-state index contributed by atoms with van der Waals surface area (Å²) in [6.45, 7) is 2.57. The Balaban J connectivity index is 1.99. The van der Waals surface area contributed by atoms with Crippen molar-refractivity contribution in [3.05, 3.63) is 29.6 Å². The van der Waals surface area contributed by atoms with Gasteiger partial charge in [-0.2, -0.15) is 0 Å². The lowest BCUT2D eigenvalue weighted by Gasteiger charge is -2.11. The van der Waals surface area contributed by atoms with Crippen LogP contribution in [0.25, 0.3) is 11.4 Å². The first-order valence-corrected chi connectivity index (χ1v) is 8.31. The van der Waals surface area contributed by atoms with Crippen molar-refractivity contribution < 1.29 is 13.6 Å². The molecule has 3 rings (SSSR count). The number of nitrogens with zero attached hydrogens (tertiary/aromatic N) is 3. The van der Waals surface area contributed by atoms with Crippen molar-refractivity contribution in [2.75, 3.05) is 5.32 Å². The standard InChI is InChI=1S/C17H20F2N4O/c1-2-6-16(24)20-14-9-11(12(18)10-13(14)19)17-22-21-15-7-4-3-5-8-23(15)17/h9-10H,2-8H2,1H3,(H,20,24). The van der Waals surface area contributed by atoms with E-state index in [1.807, 2.05) is 11.5 Å². The van der Waals surface area contributed by atoms with Gasteiger partial charge >= 0.3 is 0 Å². The van der Waals surface area contributed by atoms with Gasteiger partial charge in [0.2, 0.25) is 5.91 Å². The highest BCUT2D eigenvalue weighted by atomic mass is 19.1. The van der Waals surface area contributed by atoms with Crippen LogP contribution in [-0.4, -0.2) is 20.7 Å². The molecule has 7 heteroatoms. The van der Waals surface area contributed by atoms with Gasteiger partial charge in [0.25, 0.3) is 0 Å². The van der Waals surface area contributed by atoms with Gasteiger partial charge in [0, 0.05) is 25.5 Å². The van der Waals surface area contributed by atoms with Gasteiger partial charge in [-0.05, 0) is 25.3 Å². The van der Waals surface area contributed by atoms with E-state index in [0.717, 1.165) is 37.6 Å². The quantitative estimate of drug-likeness (QED) is 0.928. The minimum Gasteiger partial charge on any atom is -0.324 e. The van der Waals surface area contributed by atoms with E-state index in [1.165, 1.54) is 6.07 Å². The summed E-state index contributed by atoms with van der Waals surface area (Å²) in [5, 5.41) is 10.7. The average Bonchev–Trinajstić information content (AvgIpc) is 2.78. The van der Waals surface area contributed by atoms with Crippen molar-refractivity contribution in [3.63, 3.8) is 0 Å². The van der Waals surface area contributed by atoms with Gasteiger partial charge in [-0.15, -0.1) is 10.2 Å². The van der Waals surface area contributed by atoms with Crippen LogP contribution in [0.2, 0.25) is 0 Å². The number of benzene rings is 1. The highest BCUT2D eigenvalue weighted by Crippen LogP contribution is 2.29. The molecule has 0 saturated carbocycles. The number of aryl methyl sites for hydroxylation is 1. The highest BCUT2D eigenvalue weighted by molar-refractivity contribution is 5.91. The predicted octanol–water partition coefficient (Wildman–Crippen LogP) is 3.69. The first-order chi connectivity index (χ1) is 11.6. The zero-order valence-electron chi connectivity index (χ0n) is 13.6. The van der Waals surface area contributed by atoms with Crippen molar-refractivity contribution in [2.24, 2.45) is 0 Å². The number of aromatic nitrogens is 3. The van der Waals surface area contributed by atoms with Crippen molar-refractivity contribution in [3.8, 4) is 11.4 Å². The first kappa shape index (κ1) is 16.5. The second-order valence-corrected chi connectivity index (χ2v) is 6.01. The minimum absolute atomic E-state index is 0.0316. The molecule has 1 N–H and O–H groups in total. The zero-order valence-corrected chi connectivity index (χ0v) is 13.6.